The van der Waals surface area contributed by atoms with Gasteiger partial charge in [-0.05, 0) is 36.5 Å². The van der Waals surface area contributed by atoms with Gasteiger partial charge >= 0.3 is 0 Å². The van der Waals surface area contributed by atoms with Crippen LogP contribution in [0.1, 0.15) is 24.3 Å². The maximum atomic E-state index is 12.6. The molecule has 1 fully saturated rings. The lowest BCUT2D eigenvalue weighted by molar-refractivity contribution is -0.113. The normalized spacial score (nSPS) is 26.5. The van der Waals surface area contributed by atoms with Crippen molar-refractivity contribution >= 4 is 6.29 Å². The molecule has 0 radical (unpaired) electrons. The summed E-state index contributed by atoms with van der Waals surface area (Å²) in [6.45, 7) is 0. The molecular weight excluding hydrogens is 167 g/mol. The molecule has 2 unspecified atom stereocenters. The van der Waals surface area contributed by atoms with Crippen molar-refractivity contribution in [2.45, 2.75) is 18.8 Å². The molecule has 0 bridgehead atoms. The highest BCUT2D eigenvalue weighted by Gasteiger charge is 2.31. The van der Waals surface area contributed by atoms with E-state index in [0.29, 0.717) is 5.92 Å². The van der Waals surface area contributed by atoms with E-state index in [0.717, 1.165) is 24.7 Å². The van der Waals surface area contributed by atoms with Crippen LogP contribution in [-0.2, 0) is 4.79 Å². The highest BCUT2D eigenvalue weighted by atomic mass is 19.1. The van der Waals surface area contributed by atoms with Crippen LogP contribution in [0, 0.1) is 11.7 Å². The summed E-state index contributed by atoms with van der Waals surface area (Å²) in [5.41, 5.74) is 1.09. The van der Waals surface area contributed by atoms with Gasteiger partial charge in [0.05, 0.1) is 0 Å². The number of hydrogen-bond donors (Lipinski definition) is 0. The minimum atomic E-state index is -0.217. The van der Waals surface area contributed by atoms with E-state index in [2.05, 4.69) is 0 Å². The Morgan fingerprint density at radius 2 is 1.92 bits per heavy atom. The van der Waals surface area contributed by atoms with Gasteiger partial charge in [0, 0.05) is 5.92 Å². The molecule has 2 atom stereocenters. The summed E-state index contributed by atoms with van der Waals surface area (Å²) in [7, 11) is 0. The number of rotatable bonds is 2. The molecule has 1 aliphatic carbocycles. The first kappa shape index (κ1) is 8.42. The summed E-state index contributed by atoms with van der Waals surface area (Å²) in [4.78, 5) is 10.6. The predicted octanol–water partition coefficient (Wildman–Crippen LogP) is 2.52. The lowest BCUT2D eigenvalue weighted by Crippen LogP contribution is -2.24. The predicted molar refractivity (Wildman–Crippen MR) is 47.9 cm³/mol. The summed E-state index contributed by atoms with van der Waals surface area (Å²) in [6, 6.07) is 6.45. The average Bonchev–Trinajstić information content (AvgIpc) is 2.08. The van der Waals surface area contributed by atoms with Crippen LogP contribution in [0.5, 0.6) is 0 Å². The lowest BCUT2D eigenvalue weighted by atomic mass is 9.71. The zero-order chi connectivity index (χ0) is 9.26. The van der Waals surface area contributed by atoms with Crippen LogP contribution in [0.25, 0.3) is 0 Å². The van der Waals surface area contributed by atoms with Crippen LogP contribution < -0.4 is 0 Å². The zero-order valence-electron chi connectivity index (χ0n) is 7.24. The molecule has 1 saturated carbocycles. The van der Waals surface area contributed by atoms with Crippen molar-refractivity contribution in [2.24, 2.45) is 5.92 Å². The second kappa shape index (κ2) is 3.29. The van der Waals surface area contributed by atoms with Gasteiger partial charge in [-0.15, -0.1) is 0 Å². The SMILES string of the molecule is O=CC1CCC1c1ccc(F)cc1. The Morgan fingerprint density at radius 1 is 1.23 bits per heavy atom. The molecule has 1 nitrogen and oxygen atoms in total. The van der Waals surface area contributed by atoms with E-state index in [1.165, 1.54) is 12.1 Å². The number of aldehydes is 1. The molecule has 2 rings (SSSR count). The van der Waals surface area contributed by atoms with Crippen molar-refractivity contribution in [3.63, 3.8) is 0 Å². The Morgan fingerprint density at radius 3 is 2.38 bits per heavy atom. The zero-order valence-corrected chi connectivity index (χ0v) is 7.24. The molecule has 0 aliphatic heterocycles. The summed E-state index contributed by atoms with van der Waals surface area (Å²) in [5.74, 6) is 0.272. The second-order valence-corrected chi connectivity index (χ2v) is 3.54. The summed E-state index contributed by atoms with van der Waals surface area (Å²) in [6.07, 6.45) is 3.04. The summed E-state index contributed by atoms with van der Waals surface area (Å²) < 4.78 is 12.6. The van der Waals surface area contributed by atoms with Crippen LogP contribution in [0.4, 0.5) is 4.39 Å². The minimum absolute atomic E-state index is 0.158. The van der Waals surface area contributed by atoms with Gasteiger partial charge in [0.1, 0.15) is 12.1 Å². The smallest absolute Gasteiger partial charge is 0.123 e. The largest absolute Gasteiger partial charge is 0.303 e. The molecule has 1 aromatic rings. The van der Waals surface area contributed by atoms with Crippen LogP contribution in [-0.4, -0.2) is 6.29 Å². The molecule has 68 valence electrons. The molecule has 0 N–H and O–H groups in total. The summed E-state index contributed by atoms with van der Waals surface area (Å²) >= 11 is 0. The Labute approximate surface area is 76.6 Å². The highest BCUT2D eigenvalue weighted by Crippen LogP contribution is 2.40. The number of halogens is 1. The third-order valence-electron chi connectivity index (χ3n) is 2.80. The second-order valence-electron chi connectivity index (χ2n) is 3.54. The van der Waals surface area contributed by atoms with E-state index in [1.807, 2.05) is 0 Å². The minimum Gasteiger partial charge on any atom is -0.303 e. The van der Waals surface area contributed by atoms with Crippen molar-refractivity contribution in [2.75, 3.05) is 0 Å². The fourth-order valence-electron chi connectivity index (χ4n) is 1.81. The molecule has 0 heterocycles. The molecule has 13 heavy (non-hydrogen) atoms. The molecule has 0 aromatic heterocycles. The number of carbonyl (C=O) groups excluding carboxylic acids is 1. The van der Waals surface area contributed by atoms with E-state index in [4.69, 9.17) is 0 Å². The maximum Gasteiger partial charge on any atom is 0.123 e. The van der Waals surface area contributed by atoms with E-state index < -0.39 is 0 Å². The standard InChI is InChI=1S/C11H11FO/c12-10-4-1-8(2-5-10)11-6-3-9(11)7-13/h1-2,4-5,7,9,11H,3,6H2. The topological polar surface area (TPSA) is 17.1 Å². The summed E-state index contributed by atoms with van der Waals surface area (Å²) in [5, 5.41) is 0. The van der Waals surface area contributed by atoms with Crippen LogP contribution >= 0.6 is 0 Å². The van der Waals surface area contributed by atoms with Crippen LogP contribution in [0.2, 0.25) is 0 Å². The van der Waals surface area contributed by atoms with Crippen LogP contribution in [0.15, 0.2) is 24.3 Å². The average molecular weight is 178 g/mol. The van der Waals surface area contributed by atoms with Crippen molar-refractivity contribution in [1.29, 1.82) is 0 Å². The number of hydrogen-bond acceptors (Lipinski definition) is 1. The van der Waals surface area contributed by atoms with E-state index >= 15 is 0 Å². The fraction of sp³-hybridized carbons (Fsp3) is 0.364. The van der Waals surface area contributed by atoms with Crippen molar-refractivity contribution < 1.29 is 9.18 Å². The van der Waals surface area contributed by atoms with E-state index in [1.54, 1.807) is 12.1 Å². The Balaban J connectivity index is 2.17. The number of benzene rings is 1. The van der Waals surface area contributed by atoms with E-state index in [9.17, 15) is 9.18 Å². The Bertz CT molecular complexity index is 304. The van der Waals surface area contributed by atoms with Crippen LogP contribution in [0.3, 0.4) is 0 Å². The van der Waals surface area contributed by atoms with E-state index in [-0.39, 0.29) is 11.7 Å². The van der Waals surface area contributed by atoms with Gasteiger partial charge in [-0.25, -0.2) is 4.39 Å². The van der Waals surface area contributed by atoms with Gasteiger partial charge in [-0.3, -0.25) is 0 Å². The highest BCUT2D eigenvalue weighted by molar-refractivity contribution is 5.57. The molecule has 1 aliphatic rings. The van der Waals surface area contributed by atoms with Gasteiger partial charge in [0.25, 0.3) is 0 Å². The first-order valence-electron chi connectivity index (χ1n) is 4.52. The molecule has 0 amide bonds. The molecule has 1 aromatic carbocycles. The first-order chi connectivity index (χ1) is 6.31. The molecule has 0 spiro atoms. The number of carbonyl (C=O) groups is 1. The van der Waals surface area contributed by atoms with Gasteiger partial charge in [-0.1, -0.05) is 12.1 Å². The fourth-order valence-corrected chi connectivity index (χ4v) is 1.81. The molecule has 2 heteroatoms. The van der Waals surface area contributed by atoms with Crippen molar-refractivity contribution in [3.8, 4) is 0 Å². The third-order valence-corrected chi connectivity index (χ3v) is 2.80. The molecule has 0 saturated heterocycles. The monoisotopic (exact) mass is 178 g/mol. The Hall–Kier alpha value is -1.18. The van der Waals surface area contributed by atoms with Gasteiger partial charge in [-0.2, -0.15) is 0 Å². The van der Waals surface area contributed by atoms with Gasteiger partial charge < -0.3 is 4.79 Å². The maximum absolute atomic E-state index is 12.6. The molecular formula is C11H11FO. The first-order valence-corrected chi connectivity index (χ1v) is 4.52. The van der Waals surface area contributed by atoms with Crippen molar-refractivity contribution in [1.82, 2.24) is 0 Å². The van der Waals surface area contributed by atoms with Gasteiger partial charge in [0.2, 0.25) is 0 Å². The lowest BCUT2D eigenvalue weighted by Gasteiger charge is -2.32. The van der Waals surface area contributed by atoms with Gasteiger partial charge in [0.15, 0.2) is 0 Å². The quantitative estimate of drug-likeness (QED) is 0.636. The van der Waals surface area contributed by atoms with Crippen molar-refractivity contribution in [3.05, 3.63) is 35.6 Å². The third kappa shape index (κ3) is 1.48. The Kier molecular flexibility index (Phi) is 2.13.